The van der Waals surface area contributed by atoms with Gasteiger partial charge in [0.25, 0.3) is 0 Å². The number of rotatable bonds is 0. The van der Waals surface area contributed by atoms with Gasteiger partial charge in [-0.1, -0.05) is 25.3 Å². The highest BCUT2D eigenvalue weighted by molar-refractivity contribution is 5.40. The molecule has 2 aliphatic carbocycles. The second-order valence-electron chi connectivity index (χ2n) is 5.14. The minimum absolute atomic E-state index is 0.0680. The summed E-state index contributed by atoms with van der Waals surface area (Å²) in [5.74, 6) is -0.0680. The van der Waals surface area contributed by atoms with Crippen LogP contribution in [0.15, 0.2) is 18.2 Å². The second-order valence-corrected chi connectivity index (χ2v) is 5.14. The molecule has 0 heterocycles. The molecule has 1 spiro atoms. The summed E-state index contributed by atoms with van der Waals surface area (Å²) in [5.41, 5.74) is 3.17. The van der Waals surface area contributed by atoms with Crippen LogP contribution in [-0.2, 0) is 11.8 Å². The third-order valence-electron chi connectivity index (χ3n) is 4.32. The normalized spacial score (nSPS) is 23.0. The predicted octanol–water partition coefficient (Wildman–Crippen LogP) is 3.97. The molecule has 0 radical (unpaired) electrons. The van der Waals surface area contributed by atoms with E-state index in [-0.39, 0.29) is 5.82 Å². The third kappa shape index (κ3) is 1.40. The molecule has 2 aliphatic rings. The summed E-state index contributed by atoms with van der Waals surface area (Å²) >= 11 is 0. The van der Waals surface area contributed by atoms with Crippen LogP contribution in [-0.4, -0.2) is 0 Å². The van der Waals surface area contributed by atoms with E-state index >= 15 is 0 Å². The Kier molecular flexibility index (Phi) is 2.08. The van der Waals surface area contributed by atoms with Crippen molar-refractivity contribution >= 4 is 0 Å². The summed E-state index contributed by atoms with van der Waals surface area (Å²) in [5, 5.41) is 0. The van der Waals surface area contributed by atoms with Crippen molar-refractivity contribution in [1.29, 1.82) is 0 Å². The van der Waals surface area contributed by atoms with Crippen LogP contribution in [0.25, 0.3) is 0 Å². The molecular formula is C14H17F. The van der Waals surface area contributed by atoms with Crippen LogP contribution >= 0.6 is 0 Å². The summed E-state index contributed by atoms with van der Waals surface area (Å²) < 4.78 is 13.1. The van der Waals surface area contributed by atoms with Gasteiger partial charge in [0, 0.05) is 0 Å². The van der Waals surface area contributed by atoms with Gasteiger partial charge in [0.1, 0.15) is 5.82 Å². The van der Waals surface area contributed by atoms with E-state index in [0.29, 0.717) is 5.41 Å². The highest BCUT2D eigenvalue weighted by Gasteiger charge is 2.39. The summed E-state index contributed by atoms with van der Waals surface area (Å²) in [6, 6.07) is 5.43. The van der Waals surface area contributed by atoms with Gasteiger partial charge in [-0.25, -0.2) is 4.39 Å². The van der Waals surface area contributed by atoms with Crippen LogP contribution in [0.3, 0.4) is 0 Å². The van der Waals surface area contributed by atoms with E-state index in [4.69, 9.17) is 0 Å². The monoisotopic (exact) mass is 204 g/mol. The molecule has 1 aromatic rings. The number of fused-ring (bicyclic) bond motifs is 2. The summed E-state index contributed by atoms with van der Waals surface area (Å²) in [6.07, 6.45) is 9.10. The third-order valence-corrected chi connectivity index (χ3v) is 4.32. The van der Waals surface area contributed by atoms with Gasteiger partial charge in [0.2, 0.25) is 0 Å². The first-order valence-corrected chi connectivity index (χ1v) is 6.09. The van der Waals surface area contributed by atoms with Crippen molar-refractivity contribution in [1.82, 2.24) is 0 Å². The zero-order valence-corrected chi connectivity index (χ0v) is 9.06. The standard InChI is InChI=1S/C14H17F/c15-12-4-5-13-11(10-12)6-9-14(13)7-2-1-3-8-14/h4-5,10H,1-3,6-9H2. The molecule has 3 rings (SSSR count). The molecule has 80 valence electrons. The molecule has 0 saturated heterocycles. The Morgan fingerprint density at radius 3 is 2.60 bits per heavy atom. The minimum atomic E-state index is -0.0680. The highest BCUT2D eigenvalue weighted by Crippen LogP contribution is 2.48. The van der Waals surface area contributed by atoms with Crippen molar-refractivity contribution in [3.8, 4) is 0 Å². The van der Waals surface area contributed by atoms with Crippen molar-refractivity contribution in [2.45, 2.75) is 50.4 Å². The molecule has 0 aliphatic heterocycles. The van der Waals surface area contributed by atoms with Crippen molar-refractivity contribution in [2.75, 3.05) is 0 Å². The molecule has 1 aromatic carbocycles. The van der Waals surface area contributed by atoms with Gasteiger partial charge in [0.05, 0.1) is 0 Å². The lowest BCUT2D eigenvalue weighted by Gasteiger charge is -2.34. The molecule has 0 unspecified atom stereocenters. The lowest BCUT2D eigenvalue weighted by Crippen LogP contribution is -2.25. The number of hydrogen-bond donors (Lipinski definition) is 0. The van der Waals surface area contributed by atoms with Gasteiger partial charge in [-0.2, -0.15) is 0 Å². The van der Waals surface area contributed by atoms with Crippen molar-refractivity contribution in [3.05, 3.63) is 35.1 Å². The Morgan fingerprint density at radius 1 is 1.00 bits per heavy atom. The zero-order chi connectivity index (χ0) is 10.3. The largest absolute Gasteiger partial charge is 0.207 e. The van der Waals surface area contributed by atoms with Gasteiger partial charge >= 0.3 is 0 Å². The molecule has 1 heteroatoms. The first-order chi connectivity index (χ1) is 7.30. The molecule has 0 atom stereocenters. The maximum absolute atomic E-state index is 13.1. The summed E-state index contributed by atoms with van der Waals surface area (Å²) in [4.78, 5) is 0. The average molecular weight is 204 g/mol. The molecule has 0 aromatic heterocycles. The first kappa shape index (κ1) is 9.38. The summed E-state index contributed by atoms with van der Waals surface area (Å²) in [6.45, 7) is 0. The molecule has 0 bridgehead atoms. The number of hydrogen-bond acceptors (Lipinski definition) is 0. The fourth-order valence-electron chi connectivity index (χ4n) is 3.54. The van der Waals surface area contributed by atoms with E-state index in [2.05, 4.69) is 0 Å². The van der Waals surface area contributed by atoms with Gasteiger partial charge in [-0.3, -0.25) is 0 Å². The zero-order valence-electron chi connectivity index (χ0n) is 9.06. The summed E-state index contributed by atoms with van der Waals surface area (Å²) in [7, 11) is 0. The van der Waals surface area contributed by atoms with Gasteiger partial charge in [-0.15, -0.1) is 0 Å². The Bertz CT molecular complexity index is 375. The minimum Gasteiger partial charge on any atom is -0.207 e. The van der Waals surface area contributed by atoms with Crippen molar-refractivity contribution in [2.24, 2.45) is 0 Å². The highest BCUT2D eigenvalue weighted by atomic mass is 19.1. The SMILES string of the molecule is Fc1ccc2c(c1)CCC21CCCCC1. The van der Waals surface area contributed by atoms with E-state index in [9.17, 15) is 4.39 Å². The molecule has 1 saturated carbocycles. The van der Waals surface area contributed by atoms with Crippen molar-refractivity contribution in [3.63, 3.8) is 0 Å². The van der Waals surface area contributed by atoms with Gasteiger partial charge in [0.15, 0.2) is 0 Å². The first-order valence-electron chi connectivity index (χ1n) is 6.09. The maximum atomic E-state index is 13.1. The fourth-order valence-corrected chi connectivity index (χ4v) is 3.54. The molecule has 0 N–H and O–H groups in total. The lowest BCUT2D eigenvalue weighted by atomic mass is 9.70. The van der Waals surface area contributed by atoms with E-state index in [0.717, 1.165) is 6.42 Å². The van der Waals surface area contributed by atoms with E-state index in [1.807, 2.05) is 6.07 Å². The second kappa shape index (κ2) is 3.33. The molecular weight excluding hydrogens is 187 g/mol. The number of halogens is 1. The lowest BCUT2D eigenvalue weighted by molar-refractivity contribution is 0.292. The van der Waals surface area contributed by atoms with Crippen LogP contribution in [0.1, 0.15) is 49.7 Å². The molecule has 0 amide bonds. The molecule has 0 nitrogen and oxygen atoms in total. The topological polar surface area (TPSA) is 0 Å². The van der Waals surface area contributed by atoms with Crippen LogP contribution in [0, 0.1) is 5.82 Å². The van der Waals surface area contributed by atoms with Crippen LogP contribution in [0.5, 0.6) is 0 Å². The number of aryl methyl sites for hydroxylation is 1. The van der Waals surface area contributed by atoms with Crippen LogP contribution in [0.4, 0.5) is 4.39 Å². The van der Waals surface area contributed by atoms with Crippen molar-refractivity contribution < 1.29 is 4.39 Å². The Morgan fingerprint density at radius 2 is 1.80 bits per heavy atom. The fraction of sp³-hybridized carbons (Fsp3) is 0.571. The predicted molar refractivity (Wildman–Crippen MR) is 59.5 cm³/mol. The maximum Gasteiger partial charge on any atom is 0.123 e. The number of benzene rings is 1. The van der Waals surface area contributed by atoms with Gasteiger partial charge in [-0.05, 0) is 54.4 Å². The Hall–Kier alpha value is -0.850. The van der Waals surface area contributed by atoms with Crippen LogP contribution in [0.2, 0.25) is 0 Å². The van der Waals surface area contributed by atoms with Gasteiger partial charge < -0.3 is 0 Å². The van der Waals surface area contributed by atoms with E-state index < -0.39 is 0 Å². The molecule has 15 heavy (non-hydrogen) atoms. The quantitative estimate of drug-likeness (QED) is 0.599. The Balaban J connectivity index is 2.03. The van der Waals surface area contributed by atoms with E-state index in [1.165, 1.54) is 49.7 Å². The Labute approximate surface area is 90.5 Å². The smallest absolute Gasteiger partial charge is 0.123 e. The van der Waals surface area contributed by atoms with E-state index in [1.54, 1.807) is 12.1 Å². The van der Waals surface area contributed by atoms with Crippen LogP contribution < -0.4 is 0 Å². The average Bonchev–Trinajstić information content (AvgIpc) is 2.58. The molecule has 1 fully saturated rings.